The number of likely N-dealkylation sites (N-methyl/N-ethyl adjacent to an activating group) is 1. The zero-order chi connectivity index (χ0) is 26.5. The van der Waals surface area contributed by atoms with Crippen LogP contribution >= 0.6 is 0 Å². The number of aromatic nitrogens is 1. The van der Waals surface area contributed by atoms with E-state index in [-0.39, 0.29) is 19.1 Å². The zero-order valence-corrected chi connectivity index (χ0v) is 21.6. The minimum atomic E-state index is -0.695. The smallest absolute Gasteiger partial charge is 0.320 e. The zero-order valence-electron chi connectivity index (χ0n) is 21.6. The van der Waals surface area contributed by atoms with Crippen LogP contribution in [0.25, 0.3) is 10.9 Å². The maximum absolute atomic E-state index is 12.7. The summed E-state index contributed by atoms with van der Waals surface area (Å²) in [6.45, 7) is 0.646. The second-order valence-electron chi connectivity index (χ2n) is 9.28. The van der Waals surface area contributed by atoms with Crippen molar-refractivity contribution in [2.75, 3.05) is 34.4 Å². The first-order chi connectivity index (χ1) is 18.5. The molecular weight excluding hydrogens is 484 g/mol. The molecule has 38 heavy (non-hydrogen) atoms. The molecule has 196 valence electrons. The van der Waals surface area contributed by atoms with Crippen molar-refractivity contribution in [2.24, 2.45) is 0 Å². The molecule has 1 aliphatic rings. The van der Waals surface area contributed by atoms with E-state index >= 15 is 0 Å². The van der Waals surface area contributed by atoms with Crippen molar-refractivity contribution < 1.29 is 28.5 Å². The molecule has 8 heteroatoms. The molecule has 0 aliphatic carbocycles. The number of hydrogen-bond acceptors (Lipinski definition) is 8. The molecule has 3 aromatic carbocycles. The second-order valence-corrected chi connectivity index (χ2v) is 9.28. The number of hydrogen-bond donors (Lipinski definition) is 0. The van der Waals surface area contributed by atoms with Crippen LogP contribution in [0.15, 0.2) is 78.9 Å². The molecule has 0 amide bonds. The first-order valence-electron chi connectivity index (χ1n) is 12.4. The van der Waals surface area contributed by atoms with Crippen LogP contribution < -0.4 is 18.9 Å². The van der Waals surface area contributed by atoms with Crippen LogP contribution in [-0.4, -0.2) is 56.3 Å². The highest BCUT2D eigenvalue weighted by molar-refractivity contribution is 5.78. The topological polar surface area (TPSA) is 79.4 Å². The molecule has 0 fully saturated rings. The highest BCUT2D eigenvalue weighted by Gasteiger charge is 2.36. The third-order valence-corrected chi connectivity index (χ3v) is 6.10. The van der Waals surface area contributed by atoms with Crippen molar-refractivity contribution in [3.63, 3.8) is 0 Å². The van der Waals surface area contributed by atoms with Gasteiger partial charge in [0.25, 0.3) is 0 Å². The largest absolute Gasteiger partial charge is 0.497 e. The van der Waals surface area contributed by atoms with E-state index < -0.39 is 12.2 Å². The SMILES string of the molecule is COc1cccc(O[C@@H]2COc3ccc(OCc4ccc5ccccc5n4)cc3[C@@H]2OC(=O)CN(C)C)c1. The lowest BCUT2D eigenvalue weighted by Gasteiger charge is -2.33. The predicted octanol–water partition coefficient (Wildman–Crippen LogP) is 4.81. The third kappa shape index (κ3) is 5.98. The van der Waals surface area contributed by atoms with Gasteiger partial charge in [-0.15, -0.1) is 0 Å². The van der Waals surface area contributed by atoms with Crippen LogP contribution in [0.1, 0.15) is 17.4 Å². The quantitative estimate of drug-likeness (QED) is 0.295. The van der Waals surface area contributed by atoms with E-state index in [1.54, 1.807) is 18.1 Å². The lowest BCUT2D eigenvalue weighted by Crippen LogP contribution is -2.39. The standard InChI is InChI=1S/C30H30N2O6/c1-32(2)17-29(33)38-30-25-16-23(35-18-21-12-11-20-7-4-5-10-26(20)31-21)13-14-27(25)36-19-28(30)37-24-9-6-8-22(15-24)34-3/h4-16,28,30H,17-19H2,1-3H3/t28-,30+/m1/s1. The Kier molecular flexibility index (Phi) is 7.60. The van der Waals surface area contributed by atoms with Crippen LogP contribution in [0.2, 0.25) is 0 Å². The van der Waals surface area contributed by atoms with Crippen LogP contribution in [0.3, 0.4) is 0 Å². The Balaban J connectivity index is 1.38. The summed E-state index contributed by atoms with van der Waals surface area (Å²) in [4.78, 5) is 19.2. The van der Waals surface area contributed by atoms with Crippen molar-refractivity contribution in [3.05, 3.63) is 90.1 Å². The number of rotatable bonds is 9. The van der Waals surface area contributed by atoms with Crippen molar-refractivity contribution in [1.29, 1.82) is 0 Å². The molecule has 8 nitrogen and oxygen atoms in total. The number of ether oxygens (including phenoxy) is 5. The molecule has 2 atom stereocenters. The van der Waals surface area contributed by atoms with Gasteiger partial charge in [0.05, 0.1) is 24.9 Å². The highest BCUT2D eigenvalue weighted by Crippen LogP contribution is 2.39. The lowest BCUT2D eigenvalue weighted by molar-refractivity contribution is -0.157. The first-order valence-corrected chi connectivity index (χ1v) is 12.4. The fourth-order valence-electron chi connectivity index (χ4n) is 4.30. The first kappa shape index (κ1) is 25.4. The Morgan fingerprint density at radius 2 is 1.82 bits per heavy atom. The fourth-order valence-corrected chi connectivity index (χ4v) is 4.30. The van der Waals surface area contributed by atoms with E-state index in [0.717, 1.165) is 16.6 Å². The van der Waals surface area contributed by atoms with E-state index in [1.165, 1.54) is 0 Å². The normalized spacial score (nSPS) is 16.4. The molecule has 1 aliphatic heterocycles. The Labute approximate surface area is 221 Å². The van der Waals surface area contributed by atoms with E-state index in [4.69, 9.17) is 23.7 Å². The maximum atomic E-state index is 12.7. The summed E-state index contributed by atoms with van der Waals surface area (Å²) < 4.78 is 29.6. The van der Waals surface area contributed by atoms with Gasteiger partial charge in [0.15, 0.2) is 12.2 Å². The number of pyridine rings is 1. The Morgan fingerprint density at radius 3 is 2.66 bits per heavy atom. The molecule has 1 aromatic heterocycles. The number of carbonyl (C=O) groups is 1. The van der Waals surface area contributed by atoms with E-state index in [1.807, 2.05) is 86.9 Å². The monoisotopic (exact) mass is 514 g/mol. The van der Waals surface area contributed by atoms with E-state index in [2.05, 4.69) is 4.98 Å². The number of methoxy groups -OCH3 is 1. The van der Waals surface area contributed by atoms with Gasteiger partial charge in [-0.25, -0.2) is 4.98 Å². The highest BCUT2D eigenvalue weighted by atomic mass is 16.6. The van der Waals surface area contributed by atoms with Gasteiger partial charge >= 0.3 is 5.97 Å². The summed E-state index contributed by atoms with van der Waals surface area (Å²) in [5, 5.41) is 1.08. The van der Waals surface area contributed by atoms with Gasteiger partial charge < -0.3 is 23.7 Å². The van der Waals surface area contributed by atoms with Gasteiger partial charge in [-0.3, -0.25) is 9.69 Å². The third-order valence-electron chi connectivity index (χ3n) is 6.10. The van der Waals surface area contributed by atoms with Crippen molar-refractivity contribution in [2.45, 2.75) is 18.8 Å². The Morgan fingerprint density at radius 1 is 0.974 bits per heavy atom. The van der Waals surface area contributed by atoms with Crippen LogP contribution in [0, 0.1) is 0 Å². The van der Waals surface area contributed by atoms with E-state index in [9.17, 15) is 4.79 Å². The van der Waals surface area contributed by atoms with Gasteiger partial charge in [0.1, 0.15) is 36.2 Å². The lowest BCUT2D eigenvalue weighted by atomic mass is 10.00. The average molecular weight is 515 g/mol. The van der Waals surface area contributed by atoms with Crippen LogP contribution in [-0.2, 0) is 16.1 Å². The van der Waals surface area contributed by atoms with Gasteiger partial charge in [0, 0.05) is 17.0 Å². The van der Waals surface area contributed by atoms with Gasteiger partial charge in [-0.2, -0.15) is 0 Å². The molecule has 0 saturated heterocycles. The molecular formula is C30H30N2O6. The fraction of sp³-hybridized carbons (Fsp3) is 0.267. The summed E-state index contributed by atoms with van der Waals surface area (Å²) in [5.74, 6) is 2.12. The van der Waals surface area contributed by atoms with Gasteiger partial charge in [-0.1, -0.05) is 30.3 Å². The minimum Gasteiger partial charge on any atom is -0.497 e. The molecule has 2 heterocycles. The molecule has 5 rings (SSSR count). The molecule has 0 radical (unpaired) electrons. The van der Waals surface area contributed by atoms with Crippen LogP contribution in [0.4, 0.5) is 0 Å². The number of carbonyl (C=O) groups excluding carboxylic acids is 1. The maximum Gasteiger partial charge on any atom is 0.320 e. The van der Waals surface area contributed by atoms with Crippen LogP contribution in [0.5, 0.6) is 23.0 Å². The second kappa shape index (κ2) is 11.4. The molecule has 0 N–H and O–H groups in total. The molecule has 0 saturated carbocycles. The Bertz CT molecular complexity index is 1420. The summed E-state index contributed by atoms with van der Waals surface area (Å²) in [7, 11) is 5.23. The molecule has 0 bridgehead atoms. The summed E-state index contributed by atoms with van der Waals surface area (Å²) in [6.07, 6.45) is -1.27. The summed E-state index contributed by atoms with van der Waals surface area (Å²) in [5.41, 5.74) is 2.41. The number of fused-ring (bicyclic) bond motifs is 2. The van der Waals surface area contributed by atoms with Crippen molar-refractivity contribution in [1.82, 2.24) is 9.88 Å². The summed E-state index contributed by atoms with van der Waals surface area (Å²) in [6, 6.07) is 24.7. The average Bonchev–Trinajstić information content (AvgIpc) is 2.92. The molecule has 0 spiro atoms. The van der Waals surface area contributed by atoms with Gasteiger partial charge in [-0.05, 0) is 56.6 Å². The number of benzene rings is 3. The number of esters is 1. The number of nitrogens with zero attached hydrogens (tertiary/aromatic N) is 2. The Hall–Kier alpha value is -4.30. The molecule has 0 unspecified atom stereocenters. The van der Waals surface area contributed by atoms with Gasteiger partial charge in [0.2, 0.25) is 0 Å². The van der Waals surface area contributed by atoms with Crippen molar-refractivity contribution >= 4 is 16.9 Å². The minimum absolute atomic E-state index is 0.141. The van der Waals surface area contributed by atoms with E-state index in [0.29, 0.717) is 35.2 Å². The predicted molar refractivity (Wildman–Crippen MR) is 143 cm³/mol. The number of para-hydroxylation sites is 1. The van der Waals surface area contributed by atoms with Crippen molar-refractivity contribution in [3.8, 4) is 23.0 Å². The molecule has 4 aromatic rings. The summed E-state index contributed by atoms with van der Waals surface area (Å²) >= 11 is 0.